The molecule has 1 N–H and O–H groups in total. The predicted molar refractivity (Wildman–Crippen MR) is 95.5 cm³/mol. The molecule has 2 aromatic rings. The van der Waals surface area contributed by atoms with Crippen LogP contribution in [0.2, 0.25) is 0 Å². The third-order valence-electron chi connectivity index (χ3n) is 3.19. The van der Waals surface area contributed by atoms with E-state index in [1.807, 2.05) is 45.0 Å². The van der Waals surface area contributed by atoms with Gasteiger partial charge in [0.15, 0.2) is 0 Å². The third kappa shape index (κ3) is 6.30. The van der Waals surface area contributed by atoms with Crippen molar-refractivity contribution in [3.8, 4) is 5.75 Å². The molecule has 1 amide bonds. The van der Waals surface area contributed by atoms with Gasteiger partial charge in [-0.1, -0.05) is 36.4 Å². The van der Waals surface area contributed by atoms with E-state index < -0.39 is 17.6 Å². The summed E-state index contributed by atoms with van der Waals surface area (Å²) >= 11 is 0. The Morgan fingerprint density at radius 3 is 2.08 bits per heavy atom. The summed E-state index contributed by atoms with van der Waals surface area (Å²) in [5.74, 6) is -0.296. The van der Waals surface area contributed by atoms with E-state index in [1.165, 1.54) is 0 Å². The smallest absolute Gasteiger partial charge is 0.338 e. The second kappa shape index (κ2) is 8.33. The minimum atomic E-state index is -0.936. The monoisotopic (exact) mass is 341 g/mol. The van der Waals surface area contributed by atoms with E-state index >= 15 is 0 Å². The van der Waals surface area contributed by atoms with E-state index in [2.05, 4.69) is 5.32 Å². The van der Waals surface area contributed by atoms with Crippen molar-refractivity contribution in [2.45, 2.75) is 32.4 Å². The van der Waals surface area contributed by atoms with Crippen LogP contribution >= 0.6 is 0 Å². The Bertz CT molecular complexity index is 693. The molecule has 0 spiro atoms. The van der Waals surface area contributed by atoms with Gasteiger partial charge in [-0.2, -0.15) is 0 Å². The van der Waals surface area contributed by atoms with Crippen molar-refractivity contribution >= 4 is 11.9 Å². The molecule has 0 saturated carbocycles. The van der Waals surface area contributed by atoms with Gasteiger partial charge in [0, 0.05) is 5.54 Å². The highest BCUT2D eigenvalue weighted by Crippen LogP contribution is 2.13. The van der Waals surface area contributed by atoms with Gasteiger partial charge in [-0.25, -0.2) is 4.79 Å². The molecule has 25 heavy (non-hydrogen) atoms. The fourth-order valence-electron chi connectivity index (χ4n) is 2.09. The topological polar surface area (TPSA) is 64.6 Å². The van der Waals surface area contributed by atoms with Crippen LogP contribution in [0.1, 0.15) is 31.1 Å². The second-order valence-corrected chi connectivity index (χ2v) is 6.62. The molecule has 0 radical (unpaired) electrons. The van der Waals surface area contributed by atoms with Gasteiger partial charge in [-0.3, -0.25) is 4.79 Å². The molecule has 5 nitrogen and oxygen atoms in total. The Morgan fingerprint density at radius 1 is 0.960 bits per heavy atom. The number of para-hydroxylation sites is 1. The number of carbonyl (C=O) groups excluding carboxylic acids is 2. The lowest BCUT2D eigenvalue weighted by atomic mass is 10.1. The molecule has 0 aliphatic rings. The minimum absolute atomic E-state index is 0.176. The molecule has 0 aliphatic heterocycles. The van der Waals surface area contributed by atoms with Crippen LogP contribution < -0.4 is 10.1 Å². The van der Waals surface area contributed by atoms with Crippen LogP contribution in [-0.4, -0.2) is 30.1 Å². The molecule has 1 atom stereocenters. The first-order valence-electron chi connectivity index (χ1n) is 8.11. The van der Waals surface area contributed by atoms with Crippen LogP contribution in [0, 0.1) is 0 Å². The van der Waals surface area contributed by atoms with Gasteiger partial charge in [0.2, 0.25) is 6.10 Å². The van der Waals surface area contributed by atoms with Crippen molar-refractivity contribution < 1.29 is 19.1 Å². The number of benzene rings is 2. The maximum Gasteiger partial charge on any atom is 0.338 e. The van der Waals surface area contributed by atoms with Crippen molar-refractivity contribution in [1.29, 1.82) is 0 Å². The number of nitrogens with one attached hydrogen (secondary N) is 1. The normalized spacial score (nSPS) is 12.1. The van der Waals surface area contributed by atoms with Crippen molar-refractivity contribution in [2.75, 3.05) is 6.61 Å². The average molecular weight is 341 g/mol. The average Bonchev–Trinajstić information content (AvgIpc) is 2.58. The first-order chi connectivity index (χ1) is 11.8. The molecule has 1 unspecified atom stereocenters. The van der Waals surface area contributed by atoms with Gasteiger partial charge in [-0.05, 0) is 45.0 Å². The Morgan fingerprint density at radius 2 is 1.52 bits per heavy atom. The molecule has 0 saturated heterocycles. The number of hydrogen-bond donors (Lipinski definition) is 1. The van der Waals surface area contributed by atoms with Gasteiger partial charge in [0.1, 0.15) is 12.4 Å². The summed E-state index contributed by atoms with van der Waals surface area (Å²) in [4.78, 5) is 24.6. The van der Waals surface area contributed by atoms with Crippen LogP contribution in [0.4, 0.5) is 0 Å². The van der Waals surface area contributed by atoms with Crippen LogP contribution in [0.15, 0.2) is 60.7 Å². The lowest BCUT2D eigenvalue weighted by molar-refractivity contribution is -0.131. The summed E-state index contributed by atoms with van der Waals surface area (Å²) in [6, 6.07) is 17.6. The molecule has 0 aromatic heterocycles. The Hall–Kier alpha value is -2.82. The molecule has 0 heterocycles. The highest BCUT2D eigenvalue weighted by Gasteiger charge is 2.26. The summed E-state index contributed by atoms with van der Waals surface area (Å²) in [6.45, 7) is 5.45. The minimum Gasteiger partial charge on any atom is -0.477 e. The van der Waals surface area contributed by atoms with E-state index in [0.29, 0.717) is 11.3 Å². The van der Waals surface area contributed by atoms with Crippen molar-refractivity contribution in [3.63, 3.8) is 0 Å². The van der Waals surface area contributed by atoms with Gasteiger partial charge < -0.3 is 14.8 Å². The first kappa shape index (κ1) is 18.5. The summed E-state index contributed by atoms with van der Waals surface area (Å²) in [7, 11) is 0. The lowest BCUT2D eigenvalue weighted by Gasteiger charge is -2.25. The van der Waals surface area contributed by atoms with Gasteiger partial charge in [0.05, 0.1) is 5.56 Å². The maximum absolute atomic E-state index is 12.5. The SMILES string of the molecule is CC(C)(C)NC(=O)C(COC(=O)c1ccccc1)Oc1ccccc1. The molecule has 0 bridgehead atoms. The fourth-order valence-corrected chi connectivity index (χ4v) is 2.09. The van der Waals surface area contributed by atoms with Crippen LogP contribution in [0.3, 0.4) is 0 Å². The Kier molecular flexibility index (Phi) is 6.17. The number of ether oxygens (including phenoxy) is 2. The standard InChI is InChI=1S/C20H23NO4/c1-20(2,3)21-18(22)17(25-16-12-8-5-9-13-16)14-24-19(23)15-10-6-4-7-11-15/h4-13,17H,14H2,1-3H3,(H,21,22). The molecule has 0 fully saturated rings. The summed E-state index contributed by atoms with van der Waals surface area (Å²) in [5, 5.41) is 2.85. The molecule has 2 aromatic carbocycles. The van der Waals surface area contributed by atoms with Crippen molar-refractivity contribution in [3.05, 3.63) is 66.2 Å². The Balaban J connectivity index is 2.05. The zero-order chi connectivity index (χ0) is 18.3. The van der Waals surface area contributed by atoms with Crippen molar-refractivity contribution in [2.24, 2.45) is 0 Å². The Labute approximate surface area is 148 Å². The zero-order valence-electron chi connectivity index (χ0n) is 14.7. The fraction of sp³-hybridized carbons (Fsp3) is 0.300. The molecular formula is C20H23NO4. The largest absolute Gasteiger partial charge is 0.477 e. The number of rotatable bonds is 6. The highest BCUT2D eigenvalue weighted by molar-refractivity contribution is 5.89. The highest BCUT2D eigenvalue weighted by atomic mass is 16.6. The van der Waals surface area contributed by atoms with Crippen LogP contribution in [0.5, 0.6) is 5.75 Å². The molecule has 0 aliphatic carbocycles. The second-order valence-electron chi connectivity index (χ2n) is 6.62. The zero-order valence-corrected chi connectivity index (χ0v) is 14.7. The molecule has 2 rings (SSSR count). The van der Waals surface area contributed by atoms with E-state index in [-0.39, 0.29) is 12.5 Å². The van der Waals surface area contributed by atoms with Gasteiger partial charge in [0.25, 0.3) is 5.91 Å². The molecule has 5 heteroatoms. The number of hydrogen-bond acceptors (Lipinski definition) is 4. The van der Waals surface area contributed by atoms with Crippen molar-refractivity contribution in [1.82, 2.24) is 5.32 Å². The summed E-state index contributed by atoms with van der Waals surface area (Å²) < 4.78 is 11.0. The van der Waals surface area contributed by atoms with Crippen LogP contribution in [0.25, 0.3) is 0 Å². The van der Waals surface area contributed by atoms with E-state index in [9.17, 15) is 9.59 Å². The first-order valence-corrected chi connectivity index (χ1v) is 8.11. The number of esters is 1. The molecule has 132 valence electrons. The predicted octanol–water partition coefficient (Wildman–Crippen LogP) is 3.21. The van der Waals surface area contributed by atoms with E-state index in [1.54, 1.807) is 36.4 Å². The lowest BCUT2D eigenvalue weighted by Crippen LogP contribution is -2.49. The van der Waals surface area contributed by atoms with Gasteiger partial charge >= 0.3 is 5.97 Å². The third-order valence-corrected chi connectivity index (χ3v) is 3.19. The summed E-state index contributed by atoms with van der Waals surface area (Å²) in [6.07, 6.45) is -0.936. The number of carbonyl (C=O) groups is 2. The van der Waals surface area contributed by atoms with E-state index in [0.717, 1.165) is 0 Å². The number of amides is 1. The van der Waals surface area contributed by atoms with E-state index in [4.69, 9.17) is 9.47 Å². The van der Waals surface area contributed by atoms with Gasteiger partial charge in [-0.15, -0.1) is 0 Å². The van der Waals surface area contributed by atoms with Crippen LogP contribution in [-0.2, 0) is 9.53 Å². The summed E-state index contributed by atoms with van der Waals surface area (Å²) in [5.41, 5.74) is 0.0101. The quantitative estimate of drug-likeness (QED) is 0.820. The molecular weight excluding hydrogens is 318 g/mol. The maximum atomic E-state index is 12.5.